The molecule has 1 aromatic rings. The molecule has 1 aromatic heterocycles. The molecule has 9 nitrogen and oxygen atoms in total. The van der Waals surface area contributed by atoms with Crippen molar-refractivity contribution in [3.05, 3.63) is 34.2 Å². The molecule has 200 valence electrons. The van der Waals surface area contributed by atoms with Crippen molar-refractivity contribution >= 4 is 11.9 Å². The normalized spacial score (nSPS) is 21.4. The lowest BCUT2D eigenvalue weighted by Gasteiger charge is -2.37. The Morgan fingerprint density at radius 3 is 2.17 bits per heavy atom. The van der Waals surface area contributed by atoms with Gasteiger partial charge in [0.15, 0.2) is 0 Å². The summed E-state index contributed by atoms with van der Waals surface area (Å²) in [7, 11) is 0. The molecule has 4 rings (SSSR count). The summed E-state index contributed by atoms with van der Waals surface area (Å²) in [4.78, 5) is 42.8. The molecule has 1 N–H and O–H groups in total. The van der Waals surface area contributed by atoms with E-state index in [2.05, 4.69) is 29.0 Å². The van der Waals surface area contributed by atoms with Gasteiger partial charge >= 0.3 is 6.03 Å². The summed E-state index contributed by atoms with van der Waals surface area (Å²) in [5.41, 5.74) is 0.504. The maximum Gasteiger partial charge on any atom is 0.324 e. The van der Waals surface area contributed by atoms with Crippen molar-refractivity contribution in [1.82, 2.24) is 24.6 Å². The Morgan fingerprint density at radius 2 is 1.56 bits per heavy atom. The van der Waals surface area contributed by atoms with Crippen LogP contribution < -0.4 is 10.9 Å². The standard InChI is InChI=1S/C27H43N5O4/c1-21(2)5-12-29-13-6-23(7-14-29)36-24-8-15-30(16-9-24)18-19-31-11-3-4-22(26(31)34)20-32-17-10-25(33)28-27(32)35/h3-4,11,21,23-24H,5-10,12-20H2,1-2H3,(H,28,33,35). The Balaban J connectivity index is 1.17. The summed E-state index contributed by atoms with van der Waals surface area (Å²) in [6, 6.07) is 3.20. The number of piperidine rings is 2. The number of carbonyl (C=O) groups is 2. The third kappa shape index (κ3) is 7.63. The zero-order valence-corrected chi connectivity index (χ0v) is 22.0. The molecule has 0 bridgehead atoms. The third-order valence-electron chi connectivity index (χ3n) is 7.74. The number of aromatic nitrogens is 1. The van der Waals surface area contributed by atoms with Crippen LogP contribution in [0.2, 0.25) is 0 Å². The van der Waals surface area contributed by atoms with Crippen LogP contribution in [0.5, 0.6) is 0 Å². The highest BCUT2D eigenvalue weighted by Crippen LogP contribution is 2.21. The van der Waals surface area contributed by atoms with Gasteiger partial charge in [0.25, 0.3) is 5.56 Å². The molecular weight excluding hydrogens is 458 g/mol. The van der Waals surface area contributed by atoms with Crippen molar-refractivity contribution in [3.63, 3.8) is 0 Å². The fourth-order valence-electron chi connectivity index (χ4n) is 5.34. The lowest BCUT2D eigenvalue weighted by molar-refractivity contribution is -0.121. The van der Waals surface area contributed by atoms with E-state index in [1.165, 1.54) is 17.9 Å². The summed E-state index contributed by atoms with van der Waals surface area (Å²) in [5.74, 6) is 0.501. The predicted molar refractivity (Wildman–Crippen MR) is 139 cm³/mol. The first-order chi connectivity index (χ1) is 17.4. The maximum absolute atomic E-state index is 13.0. The van der Waals surface area contributed by atoms with Crippen LogP contribution in [0.25, 0.3) is 0 Å². The van der Waals surface area contributed by atoms with Gasteiger partial charge in [-0.2, -0.15) is 0 Å². The van der Waals surface area contributed by atoms with E-state index in [-0.39, 0.29) is 24.4 Å². The van der Waals surface area contributed by atoms with Crippen molar-refractivity contribution < 1.29 is 14.3 Å². The Morgan fingerprint density at radius 1 is 0.917 bits per heavy atom. The highest BCUT2D eigenvalue weighted by Gasteiger charge is 2.26. The number of pyridine rings is 1. The number of nitrogens with one attached hydrogen (secondary N) is 1. The fourth-order valence-corrected chi connectivity index (χ4v) is 5.34. The van der Waals surface area contributed by atoms with E-state index < -0.39 is 6.03 Å². The quantitative estimate of drug-likeness (QED) is 0.529. The number of carbonyl (C=O) groups excluding carboxylic acids is 2. The number of urea groups is 1. The van der Waals surface area contributed by atoms with E-state index >= 15 is 0 Å². The monoisotopic (exact) mass is 501 g/mol. The smallest absolute Gasteiger partial charge is 0.324 e. The predicted octanol–water partition coefficient (Wildman–Crippen LogP) is 2.28. The van der Waals surface area contributed by atoms with Crippen molar-refractivity contribution in [2.45, 2.75) is 77.7 Å². The van der Waals surface area contributed by atoms with E-state index in [4.69, 9.17) is 4.74 Å². The first-order valence-corrected chi connectivity index (χ1v) is 13.7. The second kappa shape index (κ2) is 12.8. The van der Waals surface area contributed by atoms with Crippen LogP contribution in [-0.4, -0.2) is 89.2 Å². The van der Waals surface area contributed by atoms with Gasteiger partial charge < -0.3 is 24.0 Å². The molecule has 3 fully saturated rings. The topological polar surface area (TPSA) is 87.1 Å². The van der Waals surface area contributed by atoms with Gasteiger partial charge in [0.05, 0.1) is 18.8 Å². The minimum absolute atomic E-state index is 0.0693. The SMILES string of the molecule is CC(C)CCN1CCC(OC2CCN(CCn3cccc(CN4CCC(=O)NC4=O)c3=O)CC2)CC1. The van der Waals surface area contributed by atoms with Crippen molar-refractivity contribution in [2.75, 3.05) is 45.8 Å². The van der Waals surface area contributed by atoms with E-state index in [9.17, 15) is 14.4 Å². The molecular formula is C27H43N5O4. The number of ether oxygens (including phenoxy) is 1. The number of imide groups is 1. The van der Waals surface area contributed by atoms with Crippen LogP contribution in [0, 0.1) is 5.92 Å². The van der Waals surface area contributed by atoms with Crippen LogP contribution in [0.1, 0.15) is 57.9 Å². The molecule has 0 radical (unpaired) electrons. The molecule has 3 saturated heterocycles. The summed E-state index contributed by atoms with van der Waals surface area (Å²) in [6.45, 7) is 12.1. The fraction of sp³-hybridized carbons (Fsp3) is 0.741. The van der Waals surface area contributed by atoms with Crippen molar-refractivity contribution in [1.29, 1.82) is 0 Å². The number of nitrogens with zero attached hydrogens (tertiary/aromatic N) is 4. The summed E-state index contributed by atoms with van der Waals surface area (Å²) >= 11 is 0. The molecule has 4 heterocycles. The van der Waals surface area contributed by atoms with Gasteiger partial charge in [-0.3, -0.25) is 14.9 Å². The Hall–Kier alpha value is -2.23. The van der Waals surface area contributed by atoms with Crippen LogP contribution >= 0.6 is 0 Å². The number of rotatable bonds is 10. The number of hydrogen-bond donors (Lipinski definition) is 1. The van der Waals surface area contributed by atoms with Crippen molar-refractivity contribution in [2.24, 2.45) is 5.92 Å². The maximum atomic E-state index is 13.0. The molecule has 36 heavy (non-hydrogen) atoms. The lowest BCUT2D eigenvalue weighted by Crippen LogP contribution is -2.49. The Bertz CT molecular complexity index is 932. The zero-order valence-electron chi connectivity index (χ0n) is 22.0. The van der Waals surface area contributed by atoms with Crippen LogP contribution in [-0.2, 0) is 22.6 Å². The summed E-state index contributed by atoms with van der Waals surface area (Å²) in [5, 5.41) is 2.31. The molecule has 0 aliphatic carbocycles. The van der Waals surface area contributed by atoms with Crippen LogP contribution in [0.15, 0.2) is 23.1 Å². The lowest BCUT2D eigenvalue weighted by atomic mass is 10.0. The average molecular weight is 502 g/mol. The van der Waals surface area contributed by atoms with E-state index in [0.717, 1.165) is 64.3 Å². The van der Waals surface area contributed by atoms with Crippen LogP contribution in [0.3, 0.4) is 0 Å². The Labute approximate surface area is 214 Å². The van der Waals surface area contributed by atoms with Gasteiger partial charge in [0, 0.05) is 64.0 Å². The Kier molecular flexibility index (Phi) is 9.56. The average Bonchev–Trinajstić information content (AvgIpc) is 2.86. The number of amides is 3. The van der Waals surface area contributed by atoms with Gasteiger partial charge in [0.2, 0.25) is 5.91 Å². The largest absolute Gasteiger partial charge is 0.375 e. The zero-order chi connectivity index (χ0) is 25.5. The number of likely N-dealkylation sites (tertiary alicyclic amines) is 2. The first-order valence-electron chi connectivity index (χ1n) is 13.7. The highest BCUT2D eigenvalue weighted by molar-refractivity contribution is 5.96. The van der Waals surface area contributed by atoms with Crippen molar-refractivity contribution in [3.8, 4) is 0 Å². The molecule has 0 spiro atoms. The first kappa shape index (κ1) is 26.8. The third-order valence-corrected chi connectivity index (χ3v) is 7.74. The summed E-state index contributed by atoms with van der Waals surface area (Å²) in [6.07, 6.45) is 8.49. The van der Waals surface area contributed by atoms with Gasteiger partial charge in [-0.25, -0.2) is 4.79 Å². The minimum Gasteiger partial charge on any atom is -0.375 e. The van der Waals surface area contributed by atoms with E-state index in [1.807, 2.05) is 12.3 Å². The molecule has 0 aromatic carbocycles. The van der Waals surface area contributed by atoms with E-state index in [0.29, 0.717) is 30.9 Å². The molecule has 3 aliphatic heterocycles. The highest BCUT2D eigenvalue weighted by atomic mass is 16.5. The van der Waals surface area contributed by atoms with Gasteiger partial charge in [-0.1, -0.05) is 19.9 Å². The molecule has 9 heteroatoms. The molecule has 3 aliphatic rings. The molecule has 0 atom stereocenters. The van der Waals surface area contributed by atoms with Gasteiger partial charge in [0.1, 0.15) is 0 Å². The second-order valence-electron chi connectivity index (χ2n) is 11.0. The minimum atomic E-state index is -0.428. The van der Waals surface area contributed by atoms with Gasteiger partial charge in [-0.05, 0) is 50.6 Å². The van der Waals surface area contributed by atoms with E-state index in [1.54, 1.807) is 10.6 Å². The van der Waals surface area contributed by atoms with Crippen LogP contribution in [0.4, 0.5) is 4.79 Å². The molecule has 0 saturated carbocycles. The number of hydrogen-bond acceptors (Lipinski definition) is 6. The second-order valence-corrected chi connectivity index (χ2v) is 11.0. The molecule has 0 unspecified atom stereocenters. The van der Waals surface area contributed by atoms with Gasteiger partial charge in [-0.15, -0.1) is 0 Å². The summed E-state index contributed by atoms with van der Waals surface area (Å²) < 4.78 is 8.21. The molecule has 3 amide bonds.